The molecule has 0 spiro atoms. The van der Waals surface area contributed by atoms with Crippen molar-refractivity contribution in [2.75, 3.05) is 12.9 Å². The lowest BCUT2D eigenvalue weighted by molar-refractivity contribution is 0.266. The summed E-state index contributed by atoms with van der Waals surface area (Å²) in [5.74, 6) is 2.95. The Morgan fingerprint density at radius 3 is 2.62 bits per heavy atom. The van der Waals surface area contributed by atoms with E-state index in [1.165, 1.54) is 43.4 Å². The summed E-state index contributed by atoms with van der Waals surface area (Å²) in [6.45, 7) is 2.28. The van der Waals surface area contributed by atoms with E-state index in [9.17, 15) is 0 Å². The van der Waals surface area contributed by atoms with Crippen LogP contribution in [-0.4, -0.2) is 30.2 Å². The van der Waals surface area contributed by atoms with Gasteiger partial charge in [-0.1, -0.05) is 25.5 Å². The second kappa shape index (κ2) is 7.06. The van der Waals surface area contributed by atoms with Crippen LogP contribution in [0.5, 0.6) is 5.75 Å². The molecule has 0 aliphatic heterocycles. The van der Waals surface area contributed by atoms with Crippen molar-refractivity contribution in [2.24, 2.45) is 0 Å². The van der Waals surface area contributed by atoms with E-state index in [2.05, 4.69) is 48.3 Å². The Morgan fingerprint density at radius 2 is 1.95 bits per heavy atom. The molecule has 2 aliphatic rings. The largest absolute Gasteiger partial charge is 0.497 e. The third kappa shape index (κ3) is 3.57. The summed E-state index contributed by atoms with van der Waals surface area (Å²) >= 11 is 2.15. The van der Waals surface area contributed by atoms with Gasteiger partial charge in [-0.25, -0.2) is 0 Å². The Labute approximate surface area is 133 Å². The van der Waals surface area contributed by atoms with Crippen LogP contribution < -0.4 is 10.1 Å². The van der Waals surface area contributed by atoms with E-state index in [0.29, 0.717) is 0 Å². The van der Waals surface area contributed by atoms with Crippen molar-refractivity contribution in [3.05, 3.63) is 29.8 Å². The molecule has 0 bridgehead atoms. The van der Waals surface area contributed by atoms with E-state index in [1.54, 1.807) is 7.11 Å². The minimum absolute atomic E-state index is 0.736. The standard InChI is InChI=1S/C18H27NOS/c1-3-21-18-6-4-5-17(18)19-15-11-14(12-15)13-7-9-16(20-2)10-8-13/h7-10,14-15,17-19H,3-6,11-12H2,1-2H3. The Kier molecular flexibility index (Phi) is 5.12. The second-order valence-electron chi connectivity index (χ2n) is 6.34. The second-order valence-corrected chi connectivity index (χ2v) is 7.85. The van der Waals surface area contributed by atoms with E-state index in [0.717, 1.165) is 29.0 Å². The van der Waals surface area contributed by atoms with Crippen molar-refractivity contribution in [3.63, 3.8) is 0 Å². The van der Waals surface area contributed by atoms with Gasteiger partial charge in [-0.2, -0.15) is 11.8 Å². The normalized spacial score (nSPS) is 31.9. The molecular formula is C18H27NOS. The van der Waals surface area contributed by atoms with Gasteiger partial charge in [0.05, 0.1) is 7.11 Å². The van der Waals surface area contributed by atoms with Crippen molar-refractivity contribution in [1.29, 1.82) is 0 Å². The molecule has 116 valence electrons. The van der Waals surface area contributed by atoms with Crippen molar-refractivity contribution < 1.29 is 4.74 Å². The zero-order valence-corrected chi connectivity index (χ0v) is 14.0. The lowest BCUT2D eigenvalue weighted by Crippen LogP contribution is -2.47. The molecule has 0 saturated heterocycles. The molecule has 3 rings (SSSR count). The van der Waals surface area contributed by atoms with Gasteiger partial charge in [0.15, 0.2) is 0 Å². The number of nitrogens with one attached hydrogen (secondary N) is 1. The molecule has 21 heavy (non-hydrogen) atoms. The highest BCUT2D eigenvalue weighted by atomic mass is 32.2. The Balaban J connectivity index is 1.46. The van der Waals surface area contributed by atoms with Crippen molar-refractivity contribution in [1.82, 2.24) is 5.32 Å². The minimum Gasteiger partial charge on any atom is -0.497 e. The predicted molar refractivity (Wildman–Crippen MR) is 91.5 cm³/mol. The zero-order chi connectivity index (χ0) is 14.7. The molecular weight excluding hydrogens is 278 g/mol. The molecule has 2 unspecified atom stereocenters. The van der Waals surface area contributed by atoms with Crippen molar-refractivity contribution in [2.45, 2.75) is 62.3 Å². The highest BCUT2D eigenvalue weighted by molar-refractivity contribution is 7.99. The van der Waals surface area contributed by atoms with Gasteiger partial charge in [0.1, 0.15) is 5.75 Å². The first-order valence-corrected chi connectivity index (χ1v) is 9.36. The molecule has 1 N–H and O–H groups in total. The third-order valence-electron chi connectivity index (χ3n) is 5.01. The molecule has 2 fully saturated rings. The first-order valence-electron chi connectivity index (χ1n) is 8.31. The van der Waals surface area contributed by atoms with Crippen LogP contribution in [0.2, 0.25) is 0 Å². The van der Waals surface area contributed by atoms with Gasteiger partial charge < -0.3 is 10.1 Å². The van der Waals surface area contributed by atoms with Crippen LogP contribution in [-0.2, 0) is 0 Å². The summed E-state index contributed by atoms with van der Waals surface area (Å²) in [6.07, 6.45) is 6.79. The number of hydrogen-bond donors (Lipinski definition) is 1. The monoisotopic (exact) mass is 305 g/mol. The average Bonchev–Trinajstić information content (AvgIpc) is 2.90. The molecule has 0 amide bonds. The van der Waals surface area contributed by atoms with Crippen molar-refractivity contribution in [3.8, 4) is 5.75 Å². The van der Waals surface area contributed by atoms with Crippen LogP contribution in [0.1, 0.15) is 50.5 Å². The molecule has 3 heteroatoms. The van der Waals surface area contributed by atoms with Gasteiger partial charge in [0.25, 0.3) is 0 Å². The minimum atomic E-state index is 0.736. The molecule has 2 aliphatic carbocycles. The van der Waals surface area contributed by atoms with Gasteiger partial charge in [0, 0.05) is 17.3 Å². The molecule has 1 aromatic rings. The smallest absolute Gasteiger partial charge is 0.118 e. The first kappa shape index (κ1) is 15.2. The number of thioether (sulfide) groups is 1. The average molecular weight is 305 g/mol. The van der Waals surface area contributed by atoms with Crippen LogP contribution in [0.25, 0.3) is 0 Å². The Hall–Kier alpha value is -0.670. The molecule has 0 heterocycles. The Bertz CT molecular complexity index is 441. The predicted octanol–water partition coefficient (Wildman–Crippen LogP) is 4.21. The number of hydrogen-bond acceptors (Lipinski definition) is 3. The quantitative estimate of drug-likeness (QED) is 0.851. The maximum Gasteiger partial charge on any atom is 0.118 e. The lowest BCUT2D eigenvalue weighted by atomic mass is 9.75. The number of methoxy groups -OCH3 is 1. The van der Waals surface area contributed by atoms with E-state index in [-0.39, 0.29) is 0 Å². The van der Waals surface area contributed by atoms with Crippen LogP contribution in [0, 0.1) is 0 Å². The SMILES string of the molecule is CCSC1CCCC1NC1CC(c2ccc(OC)cc2)C1. The van der Waals surface area contributed by atoms with E-state index in [4.69, 9.17) is 4.74 Å². The fourth-order valence-corrected chi connectivity index (χ4v) is 4.94. The molecule has 2 nitrogen and oxygen atoms in total. The van der Waals surface area contributed by atoms with E-state index >= 15 is 0 Å². The fraction of sp³-hybridized carbons (Fsp3) is 0.667. The fourth-order valence-electron chi connectivity index (χ4n) is 3.74. The van der Waals surface area contributed by atoms with Gasteiger partial charge in [0.2, 0.25) is 0 Å². The summed E-state index contributed by atoms with van der Waals surface area (Å²) in [5, 5.41) is 4.78. The number of benzene rings is 1. The van der Waals surface area contributed by atoms with Crippen LogP contribution >= 0.6 is 11.8 Å². The van der Waals surface area contributed by atoms with Gasteiger partial charge >= 0.3 is 0 Å². The number of rotatable bonds is 6. The molecule has 1 aromatic carbocycles. The summed E-state index contributed by atoms with van der Waals surface area (Å²) in [5.41, 5.74) is 1.47. The summed E-state index contributed by atoms with van der Waals surface area (Å²) in [6, 6.07) is 10.1. The van der Waals surface area contributed by atoms with Gasteiger partial charge in [-0.15, -0.1) is 0 Å². The molecule has 0 aromatic heterocycles. The molecule has 2 saturated carbocycles. The third-order valence-corrected chi connectivity index (χ3v) is 6.33. The van der Waals surface area contributed by atoms with Crippen LogP contribution in [0.3, 0.4) is 0 Å². The van der Waals surface area contributed by atoms with Crippen molar-refractivity contribution >= 4 is 11.8 Å². The lowest BCUT2D eigenvalue weighted by Gasteiger charge is -2.39. The molecule has 2 atom stereocenters. The summed E-state index contributed by atoms with van der Waals surface area (Å²) in [7, 11) is 1.73. The van der Waals surface area contributed by atoms with E-state index < -0.39 is 0 Å². The maximum absolute atomic E-state index is 5.23. The first-order chi connectivity index (χ1) is 10.3. The Morgan fingerprint density at radius 1 is 1.19 bits per heavy atom. The zero-order valence-electron chi connectivity index (χ0n) is 13.2. The van der Waals surface area contributed by atoms with Crippen LogP contribution in [0.15, 0.2) is 24.3 Å². The van der Waals surface area contributed by atoms with Gasteiger partial charge in [-0.3, -0.25) is 0 Å². The van der Waals surface area contributed by atoms with E-state index in [1.807, 2.05) is 0 Å². The highest BCUT2D eigenvalue weighted by Crippen LogP contribution is 2.39. The maximum atomic E-state index is 5.23. The topological polar surface area (TPSA) is 21.3 Å². The van der Waals surface area contributed by atoms with Crippen LogP contribution in [0.4, 0.5) is 0 Å². The molecule has 0 radical (unpaired) electrons. The summed E-state index contributed by atoms with van der Waals surface area (Å²) in [4.78, 5) is 0. The summed E-state index contributed by atoms with van der Waals surface area (Å²) < 4.78 is 5.23. The highest BCUT2D eigenvalue weighted by Gasteiger charge is 2.35. The van der Waals surface area contributed by atoms with Gasteiger partial charge in [-0.05, 0) is 55.1 Å². The number of ether oxygens (including phenoxy) is 1.